The lowest BCUT2D eigenvalue weighted by Gasteiger charge is -2.11. The second kappa shape index (κ2) is 10.2. The normalized spacial score (nSPS) is 10.8. The van der Waals surface area contributed by atoms with Crippen LogP contribution in [0.2, 0.25) is 0 Å². The monoisotopic (exact) mass is 426 g/mol. The Balaban J connectivity index is 1.81. The highest BCUT2D eigenvalue weighted by molar-refractivity contribution is 7.99. The fraction of sp³-hybridized carbons (Fsp3) is 0.273. The van der Waals surface area contributed by atoms with Gasteiger partial charge >= 0.3 is 0 Å². The van der Waals surface area contributed by atoms with Gasteiger partial charge in [0, 0.05) is 25.5 Å². The van der Waals surface area contributed by atoms with Crippen molar-refractivity contribution in [1.82, 2.24) is 20.1 Å². The molecule has 0 atom stereocenters. The Labute approximate surface area is 178 Å². The third-order valence-corrected chi connectivity index (χ3v) is 5.46. The second-order valence-electron chi connectivity index (χ2n) is 6.68. The zero-order valence-electron chi connectivity index (χ0n) is 16.9. The molecule has 6 nitrogen and oxygen atoms in total. The number of thioether (sulfide) groups is 1. The van der Waals surface area contributed by atoms with Crippen LogP contribution in [0.15, 0.2) is 53.7 Å². The molecule has 0 saturated carbocycles. The molecular weight excluding hydrogens is 403 g/mol. The fourth-order valence-corrected chi connectivity index (χ4v) is 3.78. The summed E-state index contributed by atoms with van der Waals surface area (Å²) in [6.07, 6.45) is 1.30. The maximum Gasteiger partial charge on any atom is 0.216 e. The second-order valence-corrected chi connectivity index (χ2v) is 7.62. The zero-order chi connectivity index (χ0) is 21.5. The van der Waals surface area contributed by atoms with Gasteiger partial charge in [0.2, 0.25) is 5.91 Å². The van der Waals surface area contributed by atoms with E-state index in [1.807, 2.05) is 24.3 Å². The summed E-state index contributed by atoms with van der Waals surface area (Å²) in [7, 11) is 0. The van der Waals surface area contributed by atoms with Crippen LogP contribution in [-0.2, 0) is 17.6 Å². The number of hydrogen-bond donors (Lipinski definition) is 1. The molecule has 0 aliphatic carbocycles. The van der Waals surface area contributed by atoms with E-state index in [0.717, 1.165) is 6.42 Å². The molecule has 30 heavy (non-hydrogen) atoms. The van der Waals surface area contributed by atoms with Gasteiger partial charge in [-0.15, -0.1) is 10.2 Å². The molecule has 0 fully saturated rings. The van der Waals surface area contributed by atoms with Crippen molar-refractivity contribution in [3.63, 3.8) is 0 Å². The molecule has 0 spiro atoms. The van der Waals surface area contributed by atoms with E-state index in [2.05, 4.69) is 22.4 Å². The number of carbonyl (C=O) groups excluding carboxylic acids is 2. The van der Waals surface area contributed by atoms with Gasteiger partial charge in [-0.1, -0.05) is 55.1 Å². The van der Waals surface area contributed by atoms with Crippen LogP contribution < -0.4 is 5.32 Å². The number of nitrogens with zero attached hydrogens (tertiary/aromatic N) is 3. The average Bonchev–Trinajstić information content (AvgIpc) is 3.14. The molecule has 2 aromatic carbocycles. The van der Waals surface area contributed by atoms with E-state index in [4.69, 9.17) is 0 Å². The van der Waals surface area contributed by atoms with E-state index in [9.17, 15) is 14.0 Å². The van der Waals surface area contributed by atoms with Gasteiger partial charge in [-0.05, 0) is 24.1 Å². The summed E-state index contributed by atoms with van der Waals surface area (Å²) < 4.78 is 16.1. The van der Waals surface area contributed by atoms with E-state index < -0.39 is 5.82 Å². The molecule has 1 N–H and O–H groups in total. The van der Waals surface area contributed by atoms with Crippen LogP contribution in [-0.4, -0.2) is 38.8 Å². The average molecular weight is 427 g/mol. The zero-order valence-corrected chi connectivity index (χ0v) is 17.7. The molecule has 156 valence electrons. The molecular formula is C22H23FN4O2S. The molecule has 0 saturated heterocycles. The third-order valence-electron chi connectivity index (χ3n) is 4.53. The minimum atomic E-state index is -0.415. The molecule has 3 aromatic rings. The molecule has 0 bridgehead atoms. The number of hydrogen-bond acceptors (Lipinski definition) is 5. The summed E-state index contributed by atoms with van der Waals surface area (Å²) in [5.41, 5.74) is 2.10. The highest BCUT2D eigenvalue weighted by Crippen LogP contribution is 2.25. The van der Waals surface area contributed by atoms with Crippen LogP contribution >= 0.6 is 11.8 Å². The number of benzene rings is 2. The predicted molar refractivity (Wildman–Crippen MR) is 115 cm³/mol. The SMILES string of the molecule is CCc1ccc(C(=O)CSc2nnc(CCNC(C)=O)n2-c2ccccc2F)cc1. The number of amides is 1. The molecule has 0 aliphatic heterocycles. The van der Waals surface area contributed by atoms with Crippen LogP contribution in [0.1, 0.15) is 35.6 Å². The van der Waals surface area contributed by atoms with Crippen molar-refractivity contribution < 1.29 is 14.0 Å². The Morgan fingerprint density at radius 2 is 1.83 bits per heavy atom. The van der Waals surface area contributed by atoms with Gasteiger partial charge in [0.25, 0.3) is 0 Å². The smallest absolute Gasteiger partial charge is 0.216 e. The Morgan fingerprint density at radius 3 is 2.50 bits per heavy atom. The van der Waals surface area contributed by atoms with Crippen LogP contribution in [0.3, 0.4) is 0 Å². The van der Waals surface area contributed by atoms with Crippen molar-refractivity contribution in [1.29, 1.82) is 0 Å². The third kappa shape index (κ3) is 5.33. The fourth-order valence-electron chi connectivity index (χ4n) is 2.92. The summed E-state index contributed by atoms with van der Waals surface area (Å²) in [6, 6.07) is 13.9. The van der Waals surface area contributed by atoms with Gasteiger partial charge in [-0.3, -0.25) is 14.2 Å². The number of carbonyl (C=O) groups is 2. The lowest BCUT2D eigenvalue weighted by molar-refractivity contribution is -0.118. The van der Waals surface area contributed by atoms with Crippen molar-refractivity contribution in [2.45, 2.75) is 31.8 Å². The molecule has 8 heteroatoms. The first kappa shape index (κ1) is 21.7. The Bertz CT molecular complexity index is 1030. The lowest BCUT2D eigenvalue weighted by atomic mass is 10.1. The Morgan fingerprint density at radius 1 is 1.10 bits per heavy atom. The molecule has 0 radical (unpaired) electrons. The number of aryl methyl sites for hydroxylation is 1. The summed E-state index contributed by atoms with van der Waals surface area (Å²) in [6.45, 7) is 3.85. The molecule has 0 unspecified atom stereocenters. The maximum absolute atomic E-state index is 14.5. The highest BCUT2D eigenvalue weighted by atomic mass is 32.2. The molecule has 1 heterocycles. The Kier molecular flexibility index (Phi) is 7.35. The Hall–Kier alpha value is -3.00. The van der Waals surface area contributed by atoms with Gasteiger partial charge in [-0.2, -0.15) is 0 Å². The lowest BCUT2D eigenvalue weighted by Crippen LogP contribution is -2.23. The van der Waals surface area contributed by atoms with Gasteiger partial charge in [0.05, 0.1) is 11.4 Å². The highest BCUT2D eigenvalue weighted by Gasteiger charge is 2.18. The molecule has 1 amide bonds. The van der Waals surface area contributed by atoms with E-state index >= 15 is 0 Å². The van der Waals surface area contributed by atoms with Gasteiger partial charge in [-0.25, -0.2) is 4.39 Å². The van der Waals surface area contributed by atoms with Crippen molar-refractivity contribution in [3.05, 3.63) is 71.3 Å². The summed E-state index contributed by atoms with van der Waals surface area (Å²) >= 11 is 1.21. The van der Waals surface area contributed by atoms with Gasteiger partial charge in [0.15, 0.2) is 10.9 Å². The maximum atomic E-state index is 14.5. The van der Waals surface area contributed by atoms with Crippen molar-refractivity contribution >= 4 is 23.5 Å². The minimum Gasteiger partial charge on any atom is -0.356 e. The number of aromatic nitrogens is 3. The predicted octanol–water partition coefficient (Wildman–Crippen LogP) is 3.62. The number of halogens is 1. The largest absolute Gasteiger partial charge is 0.356 e. The molecule has 1 aromatic heterocycles. The first-order valence-corrected chi connectivity index (χ1v) is 10.7. The quantitative estimate of drug-likeness (QED) is 0.418. The standard InChI is InChI=1S/C22H23FN4O2S/c1-3-16-8-10-17(11-9-16)20(29)14-30-22-26-25-21(12-13-24-15(2)28)27(22)19-7-5-4-6-18(19)23/h4-11H,3,12-14H2,1-2H3,(H,24,28). The molecule has 3 rings (SSSR count). The summed E-state index contributed by atoms with van der Waals surface area (Å²) in [4.78, 5) is 23.7. The van der Waals surface area contributed by atoms with Gasteiger partial charge < -0.3 is 5.32 Å². The van der Waals surface area contributed by atoms with Gasteiger partial charge in [0.1, 0.15) is 11.6 Å². The van der Waals surface area contributed by atoms with E-state index in [0.29, 0.717) is 35.2 Å². The van der Waals surface area contributed by atoms with E-state index in [1.165, 1.54) is 30.3 Å². The summed E-state index contributed by atoms with van der Waals surface area (Å²) in [5, 5.41) is 11.5. The van der Waals surface area contributed by atoms with Crippen molar-refractivity contribution in [3.8, 4) is 5.69 Å². The van der Waals surface area contributed by atoms with Crippen LogP contribution in [0.5, 0.6) is 0 Å². The van der Waals surface area contributed by atoms with Crippen LogP contribution in [0.4, 0.5) is 4.39 Å². The minimum absolute atomic E-state index is 0.0365. The number of nitrogens with one attached hydrogen (secondary N) is 1. The first-order chi connectivity index (χ1) is 14.5. The van der Waals surface area contributed by atoms with Crippen LogP contribution in [0.25, 0.3) is 5.69 Å². The van der Waals surface area contributed by atoms with Crippen molar-refractivity contribution in [2.24, 2.45) is 0 Å². The summed E-state index contributed by atoms with van der Waals surface area (Å²) in [5.74, 6) is 0.0632. The number of para-hydroxylation sites is 1. The first-order valence-electron chi connectivity index (χ1n) is 9.68. The molecule has 0 aliphatic rings. The topological polar surface area (TPSA) is 76.9 Å². The number of ketones is 1. The number of Topliss-reactive ketones (excluding diaryl/α,β-unsaturated/α-hetero) is 1. The van der Waals surface area contributed by atoms with Crippen molar-refractivity contribution in [2.75, 3.05) is 12.3 Å². The van der Waals surface area contributed by atoms with Crippen LogP contribution in [0, 0.1) is 5.82 Å². The van der Waals surface area contributed by atoms with E-state index in [1.54, 1.807) is 22.8 Å². The van der Waals surface area contributed by atoms with E-state index in [-0.39, 0.29) is 17.4 Å². The number of rotatable bonds is 9.